The fraction of sp³-hybridized carbons (Fsp3) is 0.750. The summed E-state index contributed by atoms with van der Waals surface area (Å²) in [4.78, 5) is 8.15. The van der Waals surface area contributed by atoms with Gasteiger partial charge in [0.1, 0.15) is 5.69 Å². The van der Waals surface area contributed by atoms with E-state index in [0.29, 0.717) is 12.5 Å². The van der Waals surface area contributed by atoms with Crippen molar-refractivity contribution in [1.82, 2.24) is 25.2 Å². The van der Waals surface area contributed by atoms with Crippen molar-refractivity contribution in [2.75, 3.05) is 33.9 Å². The van der Waals surface area contributed by atoms with Gasteiger partial charge in [0.2, 0.25) is 0 Å². The predicted octanol–water partition coefficient (Wildman–Crippen LogP) is 0.437. The highest BCUT2D eigenvalue weighted by atomic mass is 79.9. The molecule has 0 aliphatic carbocycles. The monoisotopic (exact) mass is 346 g/mol. The number of aryl methyl sites for hydroxylation is 1. The number of methoxy groups -OCH3 is 1. The predicted molar refractivity (Wildman–Crippen MR) is 83.1 cm³/mol. The van der Waals surface area contributed by atoms with Gasteiger partial charge in [-0.25, -0.2) is 0 Å². The molecule has 0 bridgehead atoms. The number of rotatable bonds is 4. The summed E-state index contributed by atoms with van der Waals surface area (Å²) < 4.78 is 5.21. The fourth-order valence-corrected chi connectivity index (χ4v) is 2.37. The van der Waals surface area contributed by atoms with Crippen LogP contribution < -0.4 is 5.32 Å². The lowest BCUT2D eigenvalue weighted by atomic mass is 10.1. The molecule has 1 atom stereocenters. The van der Waals surface area contributed by atoms with Crippen LogP contribution in [0.15, 0.2) is 11.2 Å². The third-order valence-electron chi connectivity index (χ3n) is 3.27. The largest absolute Gasteiger partial charge is 0.384 e. The number of aromatic nitrogens is 3. The maximum Gasteiger partial charge on any atom is 0.193 e. The second kappa shape index (κ2) is 8.21. The zero-order valence-electron chi connectivity index (χ0n) is 12.2. The second-order valence-electron chi connectivity index (χ2n) is 4.78. The van der Waals surface area contributed by atoms with Gasteiger partial charge in [-0.15, -0.1) is 17.0 Å². The normalized spacial score (nSPS) is 19.1. The van der Waals surface area contributed by atoms with Gasteiger partial charge >= 0.3 is 0 Å². The van der Waals surface area contributed by atoms with Crippen molar-refractivity contribution >= 4 is 22.9 Å². The molecular weight excluding hydrogens is 324 g/mol. The van der Waals surface area contributed by atoms with Gasteiger partial charge in [0, 0.05) is 40.2 Å². The van der Waals surface area contributed by atoms with E-state index in [1.54, 1.807) is 18.1 Å². The molecule has 0 spiro atoms. The van der Waals surface area contributed by atoms with Crippen molar-refractivity contribution < 1.29 is 4.74 Å². The van der Waals surface area contributed by atoms with Crippen LogP contribution in [0.3, 0.4) is 0 Å². The number of likely N-dealkylation sites (tertiary alicyclic amines) is 1. The average molecular weight is 347 g/mol. The van der Waals surface area contributed by atoms with E-state index in [0.717, 1.165) is 37.8 Å². The van der Waals surface area contributed by atoms with E-state index in [4.69, 9.17) is 4.74 Å². The van der Waals surface area contributed by atoms with Crippen molar-refractivity contribution in [3.63, 3.8) is 0 Å². The van der Waals surface area contributed by atoms with Crippen LogP contribution in [0.1, 0.15) is 12.1 Å². The Kier molecular flexibility index (Phi) is 6.94. The summed E-state index contributed by atoms with van der Waals surface area (Å²) in [7, 11) is 5.38. The Labute approximate surface area is 130 Å². The van der Waals surface area contributed by atoms with E-state index in [-0.39, 0.29) is 17.0 Å². The van der Waals surface area contributed by atoms with E-state index >= 15 is 0 Å². The molecule has 1 aliphatic heterocycles. The van der Waals surface area contributed by atoms with Gasteiger partial charge in [-0.3, -0.25) is 4.99 Å². The summed E-state index contributed by atoms with van der Waals surface area (Å²) in [5, 5.41) is 11.6. The van der Waals surface area contributed by atoms with Crippen LogP contribution in [0.25, 0.3) is 0 Å². The first-order valence-electron chi connectivity index (χ1n) is 6.52. The number of hydrogen-bond donors (Lipinski definition) is 1. The maximum atomic E-state index is 5.21. The lowest BCUT2D eigenvalue weighted by molar-refractivity contribution is 0.157. The summed E-state index contributed by atoms with van der Waals surface area (Å²) in [6, 6.07) is 0. The highest BCUT2D eigenvalue weighted by molar-refractivity contribution is 8.93. The maximum absolute atomic E-state index is 5.21. The lowest BCUT2D eigenvalue weighted by Gasteiger charge is -2.21. The van der Waals surface area contributed by atoms with Crippen LogP contribution in [0.5, 0.6) is 0 Å². The first kappa shape index (κ1) is 16.9. The number of nitrogens with zero attached hydrogens (tertiary/aromatic N) is 5. The smallest absolute Gasteiger partial charge is 0.193 e. The van der Waals surface area contributed by atoms with Crippen LogP contribution in [0.4, 0.5) is 0 Å². The van der Waals surface area contributed by atoms with Crippen LogP contribution >= 0.6 is 17.0 Å². The number of guanidine groups is 1. The van der Waals surface area contributed by atoms with Crippen LogP contribution in [-0.4, -0.2) is 59.7 Å². The van der Waals surface area contributed by atoms with Crippen LogP contribution in [-0.2, 0) is 18.3 Å². The summed E-state index contributed by atoms with van der Waals surface area (Å²) in [6.45, 7) is 3.48. The standard InChI is InChI=1S/C12H22N6O.BrH/c1-13-12(14-6-11-7-15-17(2)16-11)18-5-4-10(8-18)9-19-3;/h7,10H,4-6,8-9H2,1-3H3,(H,13,14);1H. The first-order valence-corrected chi connectivity index (χ1v) is 6.52. The molecule has 0 aromatic carbocycles. The highest BCUT2D eigenvalue weighted by Crippen LogP contribution is 2.16. The quantitative estimate of drug-likeness (QED) is 0.632. The molecule has 8 heteroatoms. The molecular formula is C12H23BrN6O. The van der Waals surface area contributed by atoms with E-state index in [1.165, 1.54) is 0 Å². The van der Waals surface area contributed by atoms with Crippen molar-refractivity contribution in [2.45, 2.75) is 13.0 Å². The molecule has 2 rings (SSSR count). The molecule has 1 saturated heterocycles. The minimum absolute atomic E-state index is 0. The summed E-state index contributed by atoms with van der Waals surface area (Å²) in [5.41, 5.74) is 0.913. The molecule has 7 nitrogen and oxygen atoms in total. The average Bonchev–Trinajstić information content (AvgIpc) is 3.01. The van der Waals surface area contributed by atoms with Crippen molar-refractivity contribution in [3.05, 3.63) is 11.9 Å². The summed E-state index contributed by atoms with van der Waals surface area (Å²) >= 11 is 0. The molecule has 1 aromatic heterocycles. The minimum Gasteiger partial charge on any atom is -0.384 e. The molecule has 0 saturated carbocycles. The summed E-state index contributed by atoms with van der Waals surface area (Å²) in [6.07, 6.45) is 2.91. The Morgan fingerprint density at radius 2 is 2.40 bits per heavy atom. The van der Waals surface area contributed by atoms with Gasteiger partial charge in [-0.05, 0) is 6.42 Å². The van der Waals surface area contributed by atoms with Gasteiger partial charge in [0.15, 0.2) is 5.96 Å². The molecule has 2 heterocycles. The molecule has 114 valence electrons. The number of nitrogens with one attached hydrogen (secondary N) is 1. The van der Waals surface area contributed by atoms with Crippen molar-refractivity contribution in [2.24, 2.45) is 18.0 Å². The van der Waals surface area contributed by atoms with E-state index < -0.39 is 0 Å². The zero-order chi connectivity index (χ0) is 13.7. The Bertz CT molecular complexity index is 435. The van der Waals surface area contributed by atoms with Crippen molar-refractivity contribution in [3.8, 4) is 0 Å². The fourth-order valence-electron chi connectivity index (χ4n) is 2.37. The minimum atomic E-state index is 0. The Hall–Kier alpha value is -1.15. The first-order chi connectivity index (χ1) is 9.22. The molecule has 0 radical (unpaired) electrons. The Balaban J connectivity index is 0.00000200. The van der Waals surface area contributed by atoms with E-state index in [1.807, 2.05) is 14.1 Å². The van der Waals surface area contributed by atoms with Crippen molar-refractivity contribution in [1.29, 1.82) is 0 Å². The topological polar surface area (TPSA) is 67.6 Å². The Morgan fingerprint density at radius 1 is 1.60 bits per heavy atom. The van der Waals surface area contributed by atoms with Gasteiger partial charge in [0.05, 0.1) is 19.3 Å². The number of aliphatic imine (C=N–C) groups is 1. The zero-order valence-corrected chi connectivity index (χ0v) is 14.0. The number of halogens is 1. The third-order valence-corrected chi connectivity index (χ3v) is 3.27. The van der Waals surface area contributed by atoms with Crippen LogP contribution in [0, 0.1) is 5.92 Å². The van der Waals surface area contributed by atoms with Crippen LogP contribution in [0.2, 0.25) is 0 Å². The molecule has 1 N–H and O–H groups in total. The van der Waals surface area contributed by atoms with Gasteiger partial charge in [-0.2, -0.15) is 15.0 Å². The van der Waals surface area contributed by atoms with Gasteiger partial charge in [0.25, 0.3) is 0 Å². The summed E-state index contributed by atoms with van der Waals surface area (Å²) in [5.74, 6) is 1.52. The number of hydrogen-bond acceptors (Lipinski definition) is 4. The van der Waals surface area contributed by atoms with Gasteiger partial charge < -0.3 is 15.0 Å². The molecule has 1 unspecified atom stereocenters. The molecule has 0 amide bonds. The SMILES string of the molecule is Br.CN=C(NCc1cnn(C)n1)N1CCC(COC)C1. The molecule has 1 fully saturated rings. The highest BCUT2D eigenvalue weighted by Gasteiger charge is 2.24. The molecule has 1 aromatic rings. The second-order valence-corrected chi connectivity index (χ2v) is 4.78. The Morgan fingerprint density at radius 3 is 3.00 bits per heavy atom. The van der Waals surface area contributed by atoms with E-state index in [2.05, 4.69) is 25.4 Å². The number of ether oxygens (including phenoxy) is 1. The lowest BCUT2D eigenvalue weighted by Crippen LogP contribution is -2.39. The third kappa shape index (κ3) is 4.45. The molecule has 20 heavy (non-hydrogen) atoms. The van der Waals surface area contributed by atoms with Gasteiger partial charge in [-0.1, -0.05) is 0 Å². The molecule has 1 aliphatic rings. The van der Waals surface area contributed by atoms with E-state index in [9.17, 15) is 0 Å².